The Morgan fingerprint density at radius 1 is 0.891 bits per heavy atom. The minimum Gasteiger partial charge on any atom is -0.394 e. The molecule has 10 nitrogen and oxygen atoms in total. The van der Waals surface area contributed by atoms with E-state index in [4.69, 9.17) is 9.47 Å². The summed E-state index contributed by atoms with van der Waals surface area (Å²) in [6.45, 7) is 14.3. The zero-order chi connectivity index (χ0) is 34.2. The number of aliphatic hydroxyl groups is 8. The van der Waals surface area contributed by atoms with Gasteiger partial charge in [-0.1, -0.05) is 46.3 Å². The van der Waals surface area contributed by atoms with Crippen molar-refractivity contribution in [2.45, 2.75) is 154 Å². The van der Waals surface area contributed by atoms with Gasteiger partial charge in [0, 0.05) is 5.92 Å². The van der Waals surface area contributed by atoms with Gasteiger partial charge in [0.1, 0.15) is 24.4 Å². The lowest BCUT2D eigenvalue weighted by Gasteiger charge is -2.71. The highest BCUT2D eigenvalue weighted by Gasteiger charge is 2.73. The van der Waals surface area contributed by atoms with Crippen LogP contribution in [0.4, 0.5) is 0 Å². The van der Waals surface area contributed by atoms with Gasteiger partial charge in [0.15, 0.2) is 6.29 Å². The van der Waals surface area contributed by atoms with Crippen LogP contribution in [0.25, 0.3) is 0 Å². The highest BCUT2D eigenvalue weighted by atomic mass is 16.7. The van der Waals surface area contributed by atoms with Gasteiger partial charge in [0.05, 0.1) is 37.1 Å². The van der Waals surface area contributed by atoms with Crippen molar-refractivity contribution in [1.82, 2.24) is 0 Å². The zero-order valence-corrected chi connectivity index (χ0v) is 29.0. The standard InChI is InChI=1S/C36H62O10/c1-19(17-37)9-8-13-36(7,44)26-20-10-11-24-33(4)14-12-25(46-31-29(43)28(42)27(41)23(18-38)45-31)32(2,3)30(33)22(40)16-35(24,6)34(20,5)15-21(26)39/h9,20-31,37-44H,8,10-18H2,1-7H3/b19-9-/t20-,21-,22+,23-,24-,25+,26-,27-,28+,29-,30-,31+,33-,34-,35-,36+/m1/s1. The average molecular weight is 655 g/mol. The molecule has 1 heterocycles. The van der Waals surface area contributed by atoms with Crippen LogP contribution in [0.3, 0.4) is 0 Å². The predicted octanol–water partition coefficient (Wildman–Crippen LogP) is 2.27. The van der Waals surface area contributed by atoms with Crippen LogP contribution < -0.4 is 0 Å². The van der Waals surface area contributed by atoms with Crippen molar-refractivity contribution in [2.75, 3.05) is 13.2 Å². The lowest BCUT2D eigenvalue weighted by atomic mass is 9.35. The second-order valence-electron chi connectivity index (χ2n) is 17.4. The Bertz CT molecular complexity index is 1120. The van der Waals surface area contributed by atoms with Crippen LogP contribution in [0.1, 0.15) is 99.8 Å². The molecule has 1 saturated heterocycles. The van der Waals surface area contributed by atoms with Crippen molar-refractivity contribution in [3.05, 3.63) is 11.6 Å². The van der Waals surface area contributed by atoms with Crippen molar-refractivity contribution in [1.29, 1.82) is 0 Å². The van der Waals surface area contributed by atoms with Gasteiger partial charge < -0.3 is 50.3 Å². The molecule has 0 radical (unpaired) electrons. The first-order valence-corrected chi connectivity index (χ1v) is 17.6. The normalized spacial score (nSPS) is 51.9. The van der Waals surface area contributed by atoms with Gasteiger partial charge >= 0.3 is 0 Å². The number of rotatable bonds is 8. The Hall–Kier alpha value is -0.660. The van der Waals surface area contributed by atoms with Crippen LogP contribution in [0.2, 0.25) is 0 Å². The van der Waals surface area contributed by atoms with Crippen LogP contribution in [-0.2, 0) is 9.47 Å². The summed E-state index contributed by atoms with van der Waals surface area (Å²) in [5.74, 6) is -0.0328. The van der Waals surface area contributed by atoms with Crippen LogP contribution in [0, 0.1) is 45.3 Å². The van der Waals surface area contributed by atoms with E-state index < -0.39 is 66.6 Å². The number of hydrogen-bond donors (Lipinski definition) is 8. The lowest BCUT2D eigenvalue weighted by Crippen LogP contribution is -2.68. The summed E-state index contributed by atoms with van der Waals surface area (Å²) in [4.78, 5) is 0. The summed E-state index contributed by atoms with van der Waals surface area (Å²) >= 11 is 0. The molecule has 0 aromatic rings. The fourth-order valence-electron chi connectivity index (χ4n) is 12.2. The largest absolute Gasteiger partial charge is 0.394 e. The Kier molecular flexibility index (Phi) is 10.0. The molecule has 4 saturated carbocycles. The molecule has 8 N–H and O–H groups in total. The summed E-state index contributed by atoms with van der Waals surface area (Å²) in [5, 5.41) is 86.0. The molecule has 0 aromatic heterocycles. The van der Waals surface area contributed by atoms with Gasteiger partial charge in [-0.05, 0) is 105 Å². The molecule has 16 atom stereocenters. The molecule has 0 amide bonds. The maximum Gasteiger partial charge on any atom is 0.186 e. The Balaban J connectivity index is 1.39. The third kappa shape index (κ3) is 5.55. The van der Waals surface area contributed by atoms with Gasteiger partial charge in [-0.15, -0.1) is 0 Å². The molecule has 0 bridgehead atoms. The molecule has 0 aromatic carbocycles. The first-order valence-electron chi connectivity index (χ1n) is 17.6. The van der Waals surface area contributed by atoms with E-state index in [1.807, 2.05) is 19.9 Å². The van der Waals surface area contributed by atoms with Crippen molar-refractivity contribution < 1.29 is 50.3 Å². The molecular weight excluding hydrogens is 592 g/mol. The number of ether oxygens (including phenoxy) is 2. The summed E-state index contributed by atoms with van der Waals surface area (Å²) in [6, 6.07) is 0. The van der Waals surface area contributed by atoms with E-state index in [1.54, 1.807) is 0 Å². The molecule has 46 heavy (non-hydrogen) atoms. The minimum atomic E-state index is -1.52. The van der Waals surface area contributed by atoms with Gasteiger partial charge in [0.2, 0.25) is 0 Å². The average Bonchev–Trinajstić information content (AvgIpc) is 3.25. The molecule has 0 spiro atoms. The number of allylic oxidation sites excluding steroid dienone is 1. The van der Waals surface area contributed by atoms with E-state index in [2.05, 4.69) is 34.6 Å². The molecule has 5 aliphatic rings. The molecule has 1 aliphatic heterocycles. The smallest absolute Gasteiger partial charge is 0.186 e. The molecule has 5 rings (SSSR count). The Morgan fingerprint density at radius 3 is 2.17 bits per heavy atom. The molecule has 5 fully saturated rings. The summed E-state index contributed by atoms with van der Waals surface area (Å²) in [6.07, 6.45) is -0.930. The number of fused-ring (bicyclic) bond motifs is 5. The van der Waals surface area contributed by atoms with Gasteiger partial charge in [-0.3, -0.25) is 0 Å². The van der Waals surface area contributed by atoms with Crippen molar-refractivity contribution in [3.8, 4) is 0 Å². The maximum atomic E-state index is 12.2. The highest BCUT2D eigenvalue weighted by Crippen LogP contribution is 2.76. The fourth-order valence-corrected chi connectivity index (χ4v) is 12.2. The van der Waals surface area contributed by atoms with Crippen LogP contribution in [0.15, 0.2) is 11.6 Å². The SMILES string of the molecule is C/C(=C/CC[C@](C)(O)[C@H]1[C@H](O)C[C@]2(C)[C@@H]1CC[C@@H]1[C@@]3(C)CC[C@H](O[C@@H]4O[C@H](CO)[C@@H](O)[C@H](O)[C@H]4O)C(C)(C)[C@H]3[C@@H](O)C[C@]12C)CO. The Labute approximate surface area is 274 Å². The molecule has 10 heteroatoms. The van der Waals surface area contributed by atoms with Gasteiger partial charge in [-0.2, -0.15) is 0 Å². The minimum absolute atomic E-state index is 0.00580. The highest BCUT2D eigenvalue weighted by molar-refractivity contribution is 5.21. The molecule has 266 valence electrons. The van der Waals surface area contributed by atoms with Crippen LogP contribution in [0.5, 0.6) is 0 Å². The topological polar surface area (TPSA) is 180 Å². The summed E-state index contributed by atoms with van der Waals surface area (Å²) in [7, 11) is 0. The molecule has 0 unspecified atom stereocenters. The van der Waals surface area contributed by atoms with Crippen molar-refractivity contribution in [2.24, 2.45) is 45.3 Å². The van der Waals surface area contributed by atoms with E-state index in [0.29, 0.717) is 32.1 Å². The molecular formula is C36H62O10. The summed E-state index contributed by atoms with van der Waals surface area (Å²) in [5.41, 5.74) is -1.54. The first kappa shape index (κ1) is 36.6. The van der Waals surface area contributed by atoms with Gasteiger partial charge in [-0.25, -0.2) is 0 Å². The van der Waals surface area contributed by atoms with E-state index in [0.717, 1.165) is 24.8 Å². The zero-order valence-electron chi connectivity index (χ0n) is 29.0. The van der Waals surface area contributed by atoms with E-state index in [1.165, 1.54) is 0 Å². The number of aliphatic hydroxyl groups excluding tert-OH is 7. The van der Waals surface area contributed by atoms with Gasteiger partial charge in [0.25, 0.3) is 0 Å². The third-order valence-electron chi connectivity index (χ3n) is 14.5. The lowest BCUT2D eigenvalue weighted by molar-refractivity contribution is -0.335. The molecule has 4 aliphatic carbocycles. The van der Waals surface area contributed by atoms with Crippen LogP contribution >= 0.6 is 0 Å². The first-order chi connectivity index (χ1) is 21.3. The number of hydrogen-bond acceptors (Lipinski definition) is 10. The predicted molar refractivity (Wildman–Crippen MR) is 171 cm³/mol. The maximum absolute atomic E-state index is 12.2. The Morgan fingerprint density at radius 2 is 1.54 bits per heavy atom. The third-order valence-corrected chi connectivity index (χ3v) is 14.5. The second kappa shape index (κ2) is 12.6. The fraction of sp³-hybridized carbons (Fsp3) is 0.944. The van der Waals surface area contributed by atoms with Crippen LogP contribution in [-0.4, -0.2) is 109 Å². The van der Waals surface area contributed by atoms with E-state index >= 15 is 0 Å². The van der Waals surface area contributed by atoms with Crippen molar-refractivity contribution >= 4 is 0 Å². The monoisotopic (exact) mass is 654 g/mol. The second-order valence-corrected chi connectivity index (χ2v) is 17.4. The van der Waals surface area contributed by atoms with E-state index in [-0.39, 0.29) is 46.5 Å². The quantitative estimate of drug-likeness (QED) is 0.143. The summed E-state index contributed by atoms with van der Waals surface area (Å²) < 4.78 is 12.1. The van der Waals surface area contributed by atoms with E-state index in [9.17, 15) is 40.9 Å². The van der Waals surface area contributed by atoms with Crippen molar-refractivity contribution in [3.63, 3.8) is 0 Å².